The smallest absolute Gasteiger partial charge is 0.455 e. The summed E-state index contributed by atoms with van der Waals surface area (Å²) in [6.45, 7) is 7.99. The number of aliphatic hydroxyl groups excluding tert-OH is 2. The molecule has 1 aromatic rings. The van der Waals surface area contributed by atoms with Crippen molar-refractivity contribution < 1.29 is 70.8 Å². The molecule has 3 aliphatic heterocycles. The zero-order chi connectivity index (χ0) is 43.9. The van der Waals surface area contributed by atoms with Crippen LogP contribution in [0.2, 0.25) is 0 Å². The van der Waals surface area contributed by atoms with E-state index in [1.165, 1.54) is 13.0 Å². The number of phenols is 1. The third-order valence-corrected chi connectivity index (χ3v) is 10.4. The first kappa shape index (κ1) is 45.9. The second-order valence-corrected chi connectivity index (χ2v) is 15.6. The quantitative estimate of drug-likeness (QED) is 0.0546. The van der Waals surface area contributed by atoms with Gasteiger partial charge < -0.3 is 51.0 Å². The molecule has 1 aromatic carbocycles. The molecule has 0 saturated carbocycles. The summed E-state index contributed by atoms with van der Waals surface area (Å²) < 4.78 is 36.3. The maximum absolute atomic E-state index is 14.2. The Morgan fingerprint density at radius 2 is 1.68 bits per heavy atom. The van der Waals surface area contributed by atoms with Crippen molar-refractivity contribution in [1.29, 1.82) is 0 Å². The number of hydrogen-bond acceptors (Lipinski definition) is 14. The van der Waals surface area contributed by atoms with Crippen LogP contribution in [0.25, 0.3) is 0 Å². The fourth-order valence-corrected chi connectivity index (χ4v) is 7.37. The molecule has 9 N–H and O–H groups in total. The van der Waals surface area contributed by atoms with E-state index in [0.717, 1.165) is 21.9 Å². The first-order chi connectivity index (χ1) is 27.6. The summed E-state index contributed by atoms with van der Waals surface area (Å²) >= 11 is 0. The molecule has 3 heterocycles. The van der Waals surface area contributed by atoms with E-state index in [4.69, 9.17) is 10.3 Å². The van der Waals surface area contributed by atoms with Crippen LogP contribution < -0.4 is 25.9 Å². The van der Waals surface area contributed by atoms with Crippen LogP contribution >= 0.6 is 0 Å². The normalized spacial score (nSPS) is 25.6. The van der Waals surface area contributed by atoms with Crippen LogP contribution in [-0.2, 0) is 50.4 Å². The van der Waals surface area contributed by atoms with Gasteiger partial charge in [0.15, 0.2) is 17.5 Å². The van der Waals surface area contributed by atoms with Crippen LogP contribution in [0.4, 0.5) is 0 Å². The molecule has 0 spiro atoms. The number of aromatic hydroxyl groups is 1. The summed E-state index contributed by atoms with van der Waals surface area (Å²) in [6, 6.07) is -4.55. The topological polar surface area (TPSA) is 332 Å². The molecule has 7 unspecified atom stereocenters. The highest BCUT2D eigenvalue weighted by molar-refractivity contribution is 7.81. The number of nitrogens with zero attached hydrogens (tertiary/aromatic N) is 3. The van der Waals surface area contributed by atoms with Crippen molar-refractivity contribution in [2.24, 2.45) is 5.73 Å². The van der Waals surface area contributed by atoms with Gasteiger partial charge in [0.2, 0.25) is 42.0 Å². The molecule has 322 valence electrons. The van der Waals surface area contributed by atoms with Crippen LogP contribution in [0.1, 0.15) is 57.4 Å². The predicted octanol–water partition coefficient (Wildman–Crippen LogP) is -2.62. The van der Waals surface area contributed by atoms with Gasteiger partial charge in [-0.3, -0.25) is 33.3 Å². The molecule has 0 radical (unpaired) electrons. The summed E-state index contributed by atoms with van der Waals surface area (Å²) in [5, 5.41) is 39.0. The molecule has 0 aromatic heterocycles. The fraction of sp³-hybridized carbons (Fsp3) is 0.528. The second-order valence-electron chi connectivity index (χ2n) is 14.6. The molecule has 0 aliphatic carbocycles. The van der Waals surface area contributed by atoms with Crippen LogP contribution in [-0.4, -0.2) is 146 Å². The number of carbonyl (C=O) groups excluding carboxylic acids is 7. The summed E-state index contributed by atoms with van der Waals surface area (Å²) in [4.78, 5) is 110. The number of nitrogens with two attached hydrogens (primary N) is 1. The van der Waals surface area contributed by atoms with E-state index in [0.29, 0.717) is 12.0 Å². The van der Waals surface area contributed by atoms with Gasteiger partial charge in [0.1, 0.15) is 24.2 Å². The minimum Gasteiger partial charge on any atom is -0.504 e. The van der Waals surface area contributed by atoms with Crippen molar-refractivity contribution in [3.8, 4) is 11.5 Å². The molecular weight excluding hydrogens is 802 g/mol. The van der Waals surface area contributed by atoms with Gasteiger partial charge in [0.05, 0.1) is 23.4 Å². The Labute approximate surface area is 338 Å². The van der Waals surface area contributed by atoms with Crippen molar-refractivity contribution >= 4 is 51.7 Å². The van der Waals surface area contributed by atoms with Crippen molar-refractivity contribution in [2.75, 3.05) is 19.6 Å². The largest absolute Gasteiger partial charge is 0.504 e. The van der Waals surface area contributed by atoms with Gasteiger partial charge in [-0.1, -0.05) is 24.8 Å². The first-order valence-corrected chi connectivity index (χ1v) is 19.9. The zero-order valence-electron chi connectivity index (χ0n) is 32.1. The minimum absolute atomic E-state index is 0.00339. The van der Waals surface area contributed by atoms with Crippen molar-refractivity contribution in [2.45, 2.75) is 101 Å². The number of amides is 7. The summed E-state index contributed by atoms with van der Waals surface area (Å²) in [7, 11) is -5.08. The second kappa shape index (κ2) is 19.3. The number of aliphatic hydroxyl groups is 2. The van der Waals surface area contributed by atoms with Gasteiger partial charge in [-0.05, 0) is 56.7 Å². The maximum atomic E-state index is 14.2. The number of aryl methyl sites for hydroxylation is 1. The fourth-order valence-electron chi connectivity index (χ4n) is 7.01. The molecule has 3 fully saturated rings. The number of carbonyl (C=O) groups is 7. The molecular formula is C36H48N7O15S+. The Kier molecular flexibility index (Phi) is 15.0. The van der Waals surface area contributed by atoms with Gasteiger partial charge in [-0.25, -0.2) is 4.79 Å². The molecule has 22 nitrogen and oxygen atoms in total. The molecule has 0 bridgehead atoms. The van der Waals surface area contributed by atoms with Crippen molar-refractivity contribution in [1.82, 2.24) is 25.8 Å². The van der Waals surface area contributed by atoms with Gasteiger partial charge in [-0.2, -0.15) is 8.42 Å². The molecule has 3 aliphatic rings. The minimum atomic E-state index is -5.08. The highest BCUT2D eigenvalue weighted by Crippen LogP contribution is 2.29. The van der Waals surface area contributed by atoms with Crippen LogP contribution in [0.5, 0.6) is 11.5 Å². The zero-order valence-corrected chi connectivity index (χ0v) is 32.9. The van der Waals surface area contributed by atoms with E-state index in [1.54, 1.807) is 0 Å². The molecule has 3 saturated heterocycles. The van der Waals surface area contributed by atoms with Crippen LogP contribution in [0.15, 0.2) is 42.5 Å². The lowest BCUT2D eigenvalue weighted by molar-refractivity contribution is -0.472. The predicted molar refractivity (Wildman–Crippen MR) is 202 cm³/mol. The van der Waals surface area contributed by atoms with Gasteiger partial charge in [0, 0.05) is 36.4 Å². The number of hydrogen-bond donors (Lipinski definition) is 8. The van der Waals surface area contributed by atoms with E-state index in [2.05, 4.69) is 33.3 Å². The third-order valence-electron chi connectivity index (χ3n) is 10.0. The van der Waals surface area contributed by atoms with Crippen molar-refractivity contribution in [3.63, 3.8) is 0 Å². The van der Waals surface area contributed by atoms with E-state index >= 15 is 0 Å². The number of primary amides is 1. The highest BCUT2D eigenvalue weighted by Gasteiger charge is 2.47. The van der Waals surface area contributed by atoms with Gasteiger partial charge >= 0.3 is 16.3 Å². The third kappa shape index (κ3) is 11.9. The standard InChI is InChI=1S/C36H47N7O15S/c1-18-14-24-34(51)43(54)13-4-6-19(2)31(48)39-29(20(3)44)35(52)41-12-5-7-23(41)33(50)38-22(10-8-21-9-11-25(45)27(15-21)58-59(55,56)57)32(49)40-30(26(46)16-28(37)47)36(53)42(24)17-18/h9,11,15,20,22-24,26,29-30,44,46H,1-2,4-8,10,12-14,16-17H2,3H3,(H6-,37,38,39,40,45,47,48,49,50,55,56,57)/p+1. The van der Waals surface area contributed by atoms with Gasteiger partial charge in [-0.15, -0.1) is 0 Å². The van der Waals surface area contributed by atoms with E-state index in [9.17, 15) is 62.2 Å². The number of nitroso groups, excluding NO2 is 1. The summed E-state index contributed by atoms with van der Waals surface area (Å²) in [5.74, 6) is -8.35. The lowest BCUT2D eigenvalue weighted by Gasteiger charge is -2.32. The Balaban J connectivity index is 1.77. The van der Waals surface area contributed by atoms with E-state index < -0.39 is 119 Å². The Morgan fingerprint density at radius 3 is 2.32 bits per heavy atom. The van der Waals surface area contributed by atoms with E-state index in [-0.39, 0.29) is 67.5 Å². The summed E-state index contributed by atoms with van der Waals surface area (Å²) in [6.07, 6.45) is -4.90. The van der Waals surface area contributed by atoms with Crippen LogP contribution in [0, 0.1) is 4.91 Å². The molecule has 7 amide bonds. The average Bonchev–Trinajstić information content (AvgIpc) is 3.80. The molecule has 4 rings (SSSR count). The molecule has 7 atom stereocenters. The number of phenolic OH excluding ortho intramolecular Hbond substituents is 1. The SMILES string of the molecule is C=C1CC2C(=O)[N+](=O)CCCC(=C)C(=O)NC(C(C)O)C(=O)N3CCCC3C(=O)NC(CCc3ccc(O)c(OS(=O)(=O)O)c3)C(=O)NC(C(O)CC(N)=O)C(=O)N2C1. The lowest BCUT2D eigenvalue weighted by atomic mass is 10.0. The number of nitrogens with one attached hydrogen (secondary N) is 3. The first-order valence-electron chi connectivity index (χ1n) is 18.6. The molecule has 23 heteroatoms. The Hall–Kier alpha value is -5.78. The van der Waals surface area contributed by atoms with Gasteiger partial charge in [0.25, 0.3) is 0 Å². The monoisotopic (exact) mass is 850 g/mol. The highest BCUT2D eigenvalue weighted by atomic mass is 32.3. The number of fused-ring (bicyclic) bond motifs is 2. The van der Waals surface area contributed by atoms with Crippen molar-refractivity contribution in [3.05, 3.63) is 53.0 Å². The Bertz CT molecular complexity index is 2020. The molecule has 59 heavy (non-hydrogen) atoms. The average molecular weight is 851 g/mol. The van der Waals surface area contributed by atoms with Crippen LogP contribution in [0.3, 0.4) is 0 Å². The maximum Gasteiger partial charge on any atom is 0.455 e. The summed E-state index contributed by atoms with van der Waals surface area (Å²) in [5.41, 5.74) is 5.74. The number of benzene rings is 1. The number of rotatable bonds is 9. The van der Waals surface area contributed by atoms with E-state index in [1.807, 2.05) is 0 Å². The Morgan fingerprint density at radius 1 is 1.00 bits per heavy atom. The lowest BCUT2D eigenvalue weighted by Crippen LogP contribution is -2.61.